The molecule has 23 heavy (non-hydrogen) atoms. The zero-order valence-corrected chi connectivity index (χ0v) is 12.9. The molecule has 1 aromatic rings. The molecule has 0 bridgehead atoms. The summed E-state index contributed by atoms with van der Waals surface area (Å²) < 4.78 is 37.0. The van der Waals surface area contributed by atoms with E-state index in [0.29, 0.717) is 36.8 Å². The molecule has 1 aliphatic heterocycles. The van der Waals surface area contributed by atoms with Crippen molar-refractivity contribution < 1.29 is 18.0 Å². The summed E-state index contributed by atoms with van der Waals surface area (Å²) in [7, 11) is 0. The molecule has 1 fully saturated rings. The van der Waals surface area contributed by atoms with Crippen LogP contribution in [0.3, 0.4) is 0 Å². The van der Waals surface area contributed by atoms with E-state index in [2.05, 4.69) is 5.32 Å². The molecule has 1 amide bonds. The van der Waals surface area contributed by atoms with Gasteiger partial charge in [-0.2, -0.15) is 13.2 Å². The van der Waals surface area contributed by atoms with Crippen molar-refractivity contribution in [1.29, 1.82) is 0 Å². The smallest absolute Gasteiger partial charge is 0.398 e. The van der Waals surface area contributed by atoms with Crippen molar-refractivity contribution in [3.8, 4) is 0 Å². The zero-order valence-electron chi connectivity index (χ0n) is 12.9. The first kappa shape index (κ1) is 17.6. The number of carbonyl (C=O) groups excluding carboxylic acids is 1. The summed E-state index contributed by atoms with van der Waals surface area (Å²) in [4.78, 5) is 13.4. The lowest BCUT2D eigenvalue weighted by Gasteiger charge is -2.32. The Morgan fingerprint density at radius 3 is 2.52 bits per heavy atom. The predicted molar refractivity (Wildman–Crippen MR) is 83.0 cm³/mol. The van der Waals surface area contributed by atoms with E-state index in [9.17, 15) is 18.0 Å². The molecule has 128 valence electrons. The van der Waals surface area contributed by atoms with E-state index in [1.807, 2.05) is 0 Å². The number of benzene rings is 1. The largest absolute Gasteiger partial charge is 0.401 e. The number of amides is 1. The number of nitrogen functional groups attached to an aromatic ring is 1. The molecule has 3 N–H and O–H groups in total. The minimum atomic E-state index is -4.13. The number of likely N-dealkylation sites (tertiary alicyclic amines) is 1. The molecule has 0 radical (unpaired) electrons. The van der Waals surface area contributed by atoms with Crippen LogP contribution in [0.25, 0.3) is 0 Å². The van der Waals surface area contributed by atoms with E-state index < -0.39 is 12.7 Å². The van der Waals surface area contributed by atoms with Gasteiger partial charge in [0.1, 0.15) is 0 Å². The van der Waals surface area contributed by atoms with E-state index >= 15 is 0 Å². The second kappa shape index (κ2) is 7.68. The Hall–Kier alpha value is -1.76. The normalized spacial score (nSPS) is 17.2. The number of nitrogens with zero attached hydrogens (tertiary/aromatic N) is 1. The molecule has 4 nitrogen and oxygen atoms in total. The number of halogens is 3. The van der Waals surface area contributed by atoms with Crippen LogP contribution in [0.4, 0.5) is 18.9 Å². The predicted octanol–water partition coefficient (Wildman–Crippen LogP) is 2.66. The summed E-state index contributed by atoms with van der Waals surface area (Å²) in [6, 6.07) is 6.86. The number of hydrogen-bond donors (Lipinski definition) is 2. The van der Waals surface area contributed by atoms with Crippen molar-refractivity contribution in [2.45, 2.75) is 25.4 Å². The molecule has 7 heteroatoms. The van der Waals surface area contributed by atoms with Crippen LogP contribution in [0.15, 0.2) is 24.3 Å². The summed E-state index contributed by atoms with van der Waals surface area (Å²) in [6.07, 6.45) is -1.88. The number of anilines is 1. The SMILES string of the molecule is Nc1ccccc1C(=O)NCCC1CCN(CC(F)(F)F)CC1. The number of para-hydroxylation sites is 1. The standard InChI is InChI=1S/C16H22F3N3O/c17-16(18,19)11-22-9-6-12(7-10-22)5-8-21-15(23)13-3-1-2-4-14(13)20/h1-4,12H,5-11,20H2,(H,21,23). The summed E-state index contributed by atoms with van der Waals surface area (Å²) >= 11 is 0. The fourth-order valence-corrected chi connectivity index (χ4v) is 2.88. The molecule has 0 aliphatic carbocycles. The third-order valence-corrected chi connectivity index (χ3v) is 4.15. The Balaban J connectivity index is 1.68. The fraction of sp³-hybridized carbons (Fsp3) is 0.562. The lowest BCUT2D eigenvalue weighted by atomic mass is 9.93. The van der Waals surface area contributed by atoms with Crippen LogP contribution in [0.5, 0.6) is 0 Å². The van der Waals surface area contributed by atoms with Gasteiger partial charge in [0.05, 0.1) is 12.1 Å². The Labute approximate surface area is 133 Å². The van der Waals surface area contributed by atoms with Gasteiger partial charge >= 0.3 is 6.18 Å². The quantitative estimate of drug-likeness (QED) is 0.817. The van der Waals surface area contributed by atoms with E-state index in [0.717, 1.165) is 19.3 Å². The lowest BCUT2D eigenvalue weighted by Crippen LogP contribution is -2.40. The Morgan fingerprint density at radius 2 is 1.91 bits per heavy atom. The number of nitrogens with one attached hydrogen (secondary N) is 1. The molecule has 1 saturated heterocycles. The number of piperidine rings is 1. The minimum Gasteiger partial charge on any atom is -0.398 e. The second-order valence-electron chi connectivity index (χ2n) is 5.97. The highest BCUT2D eigenvalue weighted by molar-refractivity contribution is 5.98. The van der Waals surface area contributed by atoms with Gasteiger partial charge in [-0.1, -0.05) is 12.1 Å². The van der Waals surface area contributed by atoms with E-state index in [4.69, 9.17) is 5.73 Å². The average molecular weight is 329 g/mol. The highest BCUT2D eigenvalue weighted by Crippen LogP contribution is 2.24. The zero-order chi connectivity index (χ0) is 16.9. The molecule has 0 spiro atoms. The maximum Gasteiger partial charge on any atom is 0.401 e. The van der Waals surface area contributed by atoms with Gasteiger partial charge in [0, 0.05) is 12.2 Å². The van der Waals surface area contributed by atoms with Gasteiger partial charge in [0.25, 0.3) is 5.91 Å². The van der Waals surface area contributed by atoms with Gasteiger partial charge in [-0.3, -0.25) is 9.69 Å². The van der Waals surface area contributed by atoms with Gasteiger partial charge in [0.2, 0.25) is 0 Å². The van der Waals surface area contributed by atoms with Crippen molar-refractivity contribution in [2.24, 2.45) is 5.92 Å². The Morgan fingerprint density at radius 1 is 1.26 bits per heavy atom. The second-order valence-corrected chi connectivity index (χ2v) is 5.97. The number of nitrogens with two attached hydrogens (primary N) is 1. The fourth-order valence-electron chi connectivity index (χ4n) is 2.88. The van der Waals surface area contributed by atoms with Crippen LogP contribution < -0.4 is 11.1 Å². The topological polar surface area (TPSA) is 58.4 Å². The molecule has 1 heterocycles. The molecule has 0 saturated carbocycles. The first-order chi connectivity index (χ1) is 10.8. The third-order valence-electron chi connectivity index (χ3n) is 4.15. The van der Waals surface area contributed by atoms with Gasteiger partial charge < -0.3 is 11.1 Å². The van der Waals surface area contributed by atoms with Crippen LogP contribution >= 0.6 is 0 Å². The van der Waals surface area contributed by atoms with Crippen LogP contribution in [-0.4, -0.2) is 43.2 Å². The van der Waals surface area contributed by atoms with Crippen LogP contribution in [0, 0.1) is 5.92 Å². The van der Waals surface area contributed by atoms with Crippen LogP contribution in [-0.2, 0) is 0 Å². The molecule has 0 atom stereocenters. The van der Waals surface area contributed by atoms with Gasteiger partial charge in [0.15, 0.2) is 0 Å². The van der Waals surface area contributed by atoms with E-state index in [1.54, 1.807) is 24.3 Å². The summed E-state index contributed by atoms with van der Waals surface area (Å²) in [5, 5.41) is 2.82. The highest BCUT2D eigenvalue weighted by Gasteiger charge is 2.32. The summed E-state index contributed by atoms with van der Waals surface area (Å²) in [5.74, 6) is 0.144. The maximum absolute atomic E-state index is 12.3. The highest BCUT2D eigenvalue weighted by atomic mass is 19.4. The first-order valence-electron chi connectivity index (χ1n) is 7.77. The number of carbonyl (C=O) groups is 1. The average Bonchev–Trinajstić information content (AvgIpc) is 2.48. The number of rotatable bonds is 5. The summed E-state index contributed by atoms with van der Waals surface area (Å²) in [5.41, 5.74) is 6.63. The Kier molecular flexibility index (Phi) is 5.87. The monoisotopic (exact) mass is 329 g/mol. The lowest BCUT2D eigenvalue weighted by molar-refractivity contribution is -0.148. The van der Waals surface area contributed by atoms with Crippen LogP contribution in [0.1, 0.15) is 29.6 Å². The maximum atomic E-state index is 12.3. The number of hydrogen-bond acceptors (Lipinski definition) is 3. The molecule has 2 rings (SSSR count). The molecule has 0 unspecified atom stereocenters. The Bertz CT molecular complexity index is 526. The van der Waals surface area contributed by atoms with Crippen molar-refractivity contribution in [3.63, 3.8) is 0 Å². The van der Waals surface area contributed by atoms with Gasteiger partial charge in [-0.25, -0.2) is 0 Å². The van der Waals surface area contributed by atoms with Gasteiger partial charge in [-0.05, 0) is 50.4 Å². The third kappa shape index (κ3) is 5.74. The van der Waals surface area contributed by atoms with Crippen molar-refractivity contribution >= 4 is 11.6 Å². The minimum absolute atomic E-state index is 0.211. The first-order valence-corrected chi connectivity index (χ1v) is 7.77. The van der Waals surface area contributed by atoms with Gasteiger partial charge in [-0.15, -0.1) is 0 Å². The van der Waals surface area contributed by atoms with E-state index in [-0.39, 0.29) is 5.91 Å². The number of alkyl halides is 3. The summed E-state index contributed by atoms with van der Waals surface area (Å²) in [6.45, 7) is 0.606. The molecular formula is C16H22F3N3O. The molecule has 1 aromatic carbocycles. The molecular weight excluding hydrogens is 307 g/mol. The van der Waals surface area contributed by atoms with E-state index in [1.165, 1.54) is 4.90 Å². The molecule has 1 aliphatic rings. The van der Waals surface area contributed by atoms with Crippen molar-refractivity contribution in [3.05, 3.63) is 29.8 Å². The van der Waals surface area contributed by atoms with Crippen molar-refractivity contribution in [2.75, 3.05) is 31.9 Å². The van der Waals surface area contributed by atoms with Crippen LogP contribution in [0.2, 0.25) is 0 Å². The van der Waals surface area contributed by atoms with Crippen molar-refractivity contribution in [1.82, 2.24) is 10.2 Å². The molecule has 0 aromatic heterocycles.